The van der Waals surface area contributed by atoms with Crippen molar-refractivity contribution in [2.45, 2.75) is 19.8 Å². The van der Waals surface area contributed by atoms with E-state index in [1.165, 1.54) is 28.8 Å². The number of hydrogen-bond acceptors (Lipinski definition) is 2. The number of aliphatic carboxylic acids is 1. The van der Waals surface area contributed by atoms with E-state index in [2.05, 4.69) is 11.6 Å². The van der Waals surface area contributed by atoms with E-state index in [-0.39, 0.29) is 17.4 Å². The van der Waals surface area contributed by atoms with Gasteiger partial charge in [0.2, 0.25) is 0 Å². The van der Waals surface area contributed by atoms with Crippen LogP contribution in [0.2, 0.25) is 0 Å². The smallest absolute Gasteiger partial charge is 0.352 e. The summed E-state index contributed by atoms with van der Waals surface area (Å²) in [5, 5.41) is 9.52. The first kappa shape index (κ1) is 18.5. The van der Waals surface area contributed by atoms with Crippen molar-refractivity contribution >= 4 is 11.7 Å². The molecule has 0 unspecified atom stereocenters. The van der Waals surface area contributed by atoms with Gasteiger partial charge in [-0.1, -0.05) is 20.4 Å². The maximum atomic E-state index is 13.4. The molecule has 1 N–H and O–H groups in total. The minimum Gasteiger partial charge on any atom is -0.477 e. The number of rotatable bonds is 5. The quantitative estimate of drug-likeness (QED) is 0.632. The Hall–Kier alpha value is -3.28. The van der Waals surface area contributed by atoms with Crippen LogP contribution < -0.4 is 0 Å². The summed E-state index contributed by atoms with van der Waals surface area (Å²) in [6, 6.07) is 11.4. The third kappa shape index (κ3) is 3.51. The third-order valence-electron chi connectivity index (χ3n) is 4.17. The first-order valence-corrected chi connectivity index (χ1v) is 8.36. The standard InChI is InChI=1S/C21H18F2N2O2/c1-12(2)20-24-18(14-4-8-16(22)9-5-14)19(25(20)13(3)21(26)27)15-6-10-17(23)11-7-15/h4-12H,3H2,1-2H3,(H,26,27). The third-order valence-corrected chi connectivity index (χ3v) is 4.17. The van der Waals surface area contributed by atoms with Crippen molar-refractivity contribution in [2.24, 2.45) is 0 Å². The van der Waals surface area contributed by atoms with Crippen LogP contribution in [0.25, 0.3) is 28.2 Å². The van der Waals surface area contributed by atoms with Crippen LogP contribution in [0, 0.1) is 11.6 Å². The molecule has 138 valence electrons. The molecule has 0 aliphatic carbocycles. The average molecular weight is 368 g/mol. The van der Waals surface area contributed by atoms with Crippen molar-refractivity contribution in [2.75, 3.05) is 0 Å². The molecule has 4 nitrogen and oxygen atoms in total. The fourth-order valence-electron chi connectivity index (χ4n) is 2.88. The monoisotopic (exact) mass is 368 g/mol. The van der Waals surface area contributed by atoms with Crippen LogP contribution in [0.15, 0.2) is 55.1 Å². The zero-order valence-electron chi connectivity index (χ0n) is 14.9. The molecule has 0 aliphatic heterocycles. The van der Waals surface area contributed by atoms with E-state index in [9.17, 15) is 18.7 Å². The zero-order valence-corrected chi connectivity index (χ0v) is 14.9. The summed E-state index contributed by atoms with van der Waals surface area (Å²) in [5.41, 5.74) is 1.98. The van der Waals surface area contributed by atoms with Crippen molar-refractivity contribution in [1.82, 2.24) is 9.55 Å². The topological polar surface area (TPSA) is 55.1 Å². The molecule has 0 saturated carbocycles. The lowest BCUT2D eigenvalue weighted by Gasteiger charge is -2.14. The number of nitrogens with zero attached hydrogens (tertiary/aromatic N) is 2. The second-order valence-corrected chi connectivity index (χ2v) is 6.42. The van der Waals surface area contributed by atoms with Gasteiger partial charge in [0.15, 0.2) is 0 Å². The van der Waals surface area contributed by atoms with E-state index in [4.69, 9.17) is 0 Å². The normalized spacial score (nSPS) is 11.0. The number of halogens is 2. The number of benzene rings is 2. The van der Waals surface area contributed by atoms with Crippen LogP contribution in [0.3, 0.4) is 0 Å². The molecule has 0 radical (unpaired) electrons. The number of carboxylic acids is 1. The van der Waals surface area contributed by atoms with Crippen LogP contribution in [0.4, 0.5) is 8.78 Å². The number of imidazole rings is 1. The summed E-state index contributed by atoms with van der Waals surface area (Å²) in [6.45, 7) is 7.45. The molecule has 1 heterocycles. The zero-order chi connectivity index (χ0) is 19.7. The molecule has 3 rings (SSSR count). The first-order valence-electron chi connectivity index (χ1n) is 8.36. The fourth-order valence-corrected chi connectivity index (χ4v) is 2.88. The van der Waals surface area contributed by atoms with Crippen LogP contribution in [0.5, 0.6) is 0 Å². The Morgan fingerprint density at radius 1 is 1.00 bits per heavy atom. The van der Waals surface area contributed by atoms with Crippen LogP contribution >= 0.6 is 0 Å². The summed E-state index contributed by atoms with van der Waals surface area (Å²) >= 11 is 0. The van der Waals surface area contributed by atoms with Crippen LogP contribution in [-0.2, 0) is 4.79 Å². The maximum absolute atomic E-state index is 13.4. The van der Waals surface area contributed by atoms with Gasteiger partial charge in [-0.05, 0) is 48.5 Å². The Kier molecular flexibility index (Phi) is 4.90. The van der Waals surface area contributed by atoms with E-state index in [0.717, 1.165) is 0 Å². The number of aromatic nitrogens is 2. The summed E-state index contributed by atoms with van der Waals surface area (Å²) in [4.78, 5) is 16.3. The molecule has 0 saturated heterocycles. The molecule has 6 heteroatoms. The SMILES string of the molecule is C=C(C(=O)O)n1c(C(C)C)nc(-c2ccc(F)cc2)c1-c1ccc(F)cc1. The van der Waals surface area contributed by atoms with E-state index >= 15 is 0 Å². The molecule has 0 spiro atoms. The molecule has 0 aliphatic rings. The molecular weight excluding hydrogens is 350 g/mol. The van der Waals surface area contributed by atoms with Gasteiger partial charge in [-0.15, -0.1) is 0 Å². The predicted octanol–water partition coefficient (Wildman–Crippen LogP) is 5.17. The highest BCUT2D eigenvalue weighted by molar-refractivity contribution is 6.09. The van der Waals surface area contributed by atoms with Crippen molar-refractivity contribution in [3.8, 4) is 22.5 Å². The van der Waals surface area contributed by atoms with Gasteiger partial charge in [0.05, 0.1) is 11.4 Å². The van der Waals surface area contributed by atoms with Gasteiger partial charge in [0, 0.05) is 17.0 Å². The number of hydrogen-bond donors (Lipinski definition) is 1. The van der Waals surface area contributed by atoms with E-state index < -0.39 is 11.8 Å². The predicted molar refractivity (Wildman–Crippen MR) is 100 cm³/mol. The largest absolute Gasteiger partial charge is 0.477 e. The second kappa shape index (κ2) is 7.15. The molecule has 2 aromatic carbocycles. The molecule has 1 aromatic heterocycles. The van der Waals surface area contributed by atoms with Crippen molar-refractivity contribution < 1.29 is 18.7 Å². The highest BCUT2D eigenvalue weighted by Gasteiger charge is 2.25. The molecule has 0 amide bonds. The fraction of sp³-hybridized carbons (Fsp3) is 0.143. The molecular formula is C21H18F2N2O2. The minimum atomic E-state index is -1.19. The van der Waals surface area contributed by atoms with Crippen molar-refractivity contribution in [3.63, 3.8) is 0 Å². The Morgan fingerprint density at radius 3 is 1.93 bits per heavy atom. The number of carboxylic acid groups (broad SMARTS) is 1. The Labute approximate surface area is 155 Å². The lowest BCUT2D eigenvalue weighted by Crippen LogP contribution is -2.12. The van der Waals surface area contributed by atoms with Crippen molar-refractivity contribution in [1.29, 1.82) is 0 Å². The summed E-state index contributed by atoms with van der Waals surface area (Å²) in [5.74, 6) is -1.59. The maximum Gasteiger partial charge on any atom is 0.352 e. The van der Waals surface area contributed by atoms with Gasteiger partial charge >= 0.3 is 5.97 Å². The summed E-state index contributed by atoms with van der Waals surface area (Å²) in [6.07, 6.45) is 0. The Morgan fingerprint density at radius 2 is 1.48 bits per heavy atom. The van der Waals surface area contributed by atoms with E-state index in [1.807, 2.05) is 13.8 Å². The Balaban J connectivity index is 2.37. The van der Waals surface area contributed by atoms with Crippen LogP contribution in [-0.4, -0.2) is 20.6 Å². The highest BCUT2D eigenvalue weighted by Crippen LogP contribution is 2.37. The molecule has 3 aromatic rings. The summed E-state index contributed by atoms with van der Waals surface area (Å²) < 4.78 is 28.2. The highest BCUT2D eigenvalue weighted by atomic mass is 19.1. The lowest BCUT2D eigenvalue weighted by atomic mass is 10.0. The number of carbonyl (C=O) groups is 1. The van der Waals surface area contributed by atoms with Gasteiger partial charge in [-0.3, -0.25) is 4.57 Å². The summed E-state index contributed by atoms with van der Waals surface area (Å²) in [7, 11) is 0. The minimum absolute atomic E-state index is 0.102. The lowest BCUT2D eigenvalue weighted by molar-refractivity contribution is -0.130. The van der Waals surface area contributed by atoms with Crippen LogP contribution in [0.1, 0.15) is 25.6 Å². The second-order valence-electron chi connectivity index (χ2n) is 6.42. The Bertz CT molecular complexity index is 1000. The first-order chi connectivity index (χ1) is 12.8. The molecule has 27 heavy (non-hydrogen) atoms. The molecule has 0 bridgehead atoms. The average Bonchev–Trinajstić information content (AvgIpc) is 3.03. The van der Waals surface area contributed by atoms with E-state index in [1.54, 1.807) is 24.3 Å². The van der Waals surface area contributed by atoms with Gasteiger partial charge in [0.25, 0.3) is 0 Å². The van der Waals surface area contributed by atoms with Gasteiger partial charge in [0.1, 0.15) is 23.2 Å². The van der Waals surface area contributed by atoms with Gasteiger partial charge in [-0.25, -0.2) is 18.6 Å². The van der Waals surface area contributed by atoms with Gasteiger partial charge in [-0.2, -0.15) is 0 Å². The van der Waals surface area contributed by atoms with E-state index in [0.29, 0.717) is 28.3 Å². The molecule has 0 atom stereocenters. The molecule has 0 fully saturated rings. The van der Waals surface area contributed by atoms with Crippen molar-refractivity contribution in [3.05, 3.63) is 72.6 Å². The van der Waals surface area contributed by atoms with Gasteiger partial charge < -0.3 is 5.11 Å².